The van der Waals surface area contributed by atoms with Gasteiger partial charge in [0.25, 0.3) is 0 Å². The van der Waals surface area contributed by atoms with Gasteiger partial charge in [0.2, 0.25) is 5.28 Å². The maximum atomic E-state index is 11.9. The highest BCUT2D eigenvalue weighted by atomic mass is 35.5. The molecule has 1 heterocycles. The molecule has 1 aromatic heterocycles. The lowest BCUT2D eigenvalue weighted by molar-refractivity contribution is -0.274. The second-order valence-electron chi connectivity index (χ2n) is 2.94. The molecular weight excluding hydrogens is 277 g/mol. The number of nitrogens with zero attached hydrogens (tertiary/aromatic N) is 2. The first-order valence-electron chi connectivity index (χ1n) is 4.29. The molecule has 0 fully saturated rings. The largest absolute Gasteiger partial charge is 0.573 e. The summed E-state index contributed by atoms with van der Waals surface area (Å²) in [6.45, 7) is 0. The number of benzene rings is 1. The van der Waals surface area contributed by atoms with Crippen LogP contribution in [0, 0.1) is 0 Å². The fraction of sp³-hybridized carbons (Fsp3) is 0.111. The van der Waals surface area contributed by atoms with Crippen LogP contribution in [0.15, 0.2) is 24.3 Å². The standard InChI is InChI=1S/C9H4ClF3N2OS/c10-8-14-7(17-15-8)5-1-3-6(4-2-5)16-9(11,12)13/h1-4H. The lowest BCUT2D eigenvalue weighted by atomic mass is 10.2. The van der Waals surface area contributed by atoms with E-state index in [1.165, 1.54) is 24.3 Å². The van der Waals surface area contributed by atoms with E-state index in [9.17, 15) is 13.2 Å². The maximum absolute atomic E-state index is 11.9. The first-order chi connectivity index (χ1) is 7.94. The van der Waals surface area contributed by atoms with E-state index in [0.29, 0.717) is 10.6 Å². The number of alkyl halides is 3. The van der Waals surface area contributed by atoms with Crippen LogP contribution in [0.3, 0.4) is 0 Å². The zero-order valence-corrected chi connectivity index (χ0v) is 9.60. The van der Waals surface area contributed by atoms with Crippen molar-refractivity contribution in [3.8, 4) is 16.3 Å². The summed E-state index contributed by atoms with van der Waals surface area (Å²) in [5.74, 6) is -0.281. The molecule has 90 valence electrons. The molecule has 17 heavy (non-hydrogen) atoms. The zero-order chi connectivity index (χ0) is 12.5. The van der Waals surface area contributed by atoms with E-state index < -0.39 is 6.36 Å². The minimum Gasteiger partial charge on any atom is -0.406 e. The van der Waals surface area contributed by atoms with Crippen LogP contribution in [0.2, 0.25) is 5.28 Å². The van der Waals surface area contributed by atoms with Gasteiger partial charge in [0.1, 0.15) is 10.8 Å². The highest BCUT2D eigenvalue weighted by Crippen LogP contribution is 2.27. The van der Waals surface area contributed by atoms with Crippen LogP contribution in [0.4, 0.5) is 13.2 Å². The Morgan fingerprint density at radius 1 is 1.18 bits per heavy atom. The van der Waals surface area contributed by atoms with Gasteiger partial charge in [0.15, 0.2) is 0 Å². The molecule has 2 aromatic rings. The van der Waals surface area contributed by atoms with Crippen LogP contribution in [-0.4, -0.2) is 15.7 Å². The predicted octanol–water partition coefficient (Wildman–Crippen LogP) is 3.76. The van der Waals surface area contributed by atoms with Crippen LogP contribution in [0.1, 0.15) is 0 Å². The van der Waals surface area contributed by atoms with Crippen molar-refractivity contribution >= 4 is 23.1 Å². The number of rotatable bonds is 2. The lowest BCUT2D eigenvalue weighted by Crippen LogP contribution is -2.16. The van der Waals surface area contributed by atoms with Crippen molar-refractivity contribution in [2.75, 3.05) is 0 Å². The van der Waals surface area contributed by atoms with Crippen molar-refractivity contribution in [2.24, 2.45) is 0 Å². The molecule has 1 aromatic carbocycles. The van der Waals surface area contributed by atoms with Crippen LogP contribution < -0.4 is 4.74 Å². The van der Waals surface area contributed by atoms with Gasteiger partial charge in [0, 0.05) is 5.56 Å². The molecule has 0 atom stereocenters. The maximum Gasteiger partial charge on any atom is 0.573 e. The Bertz CT molecular complexity index is 512. The van der Waals surface area contributed by atoms with E-state index in [4.69, 9.17) is 11.6 Å². The predicted molar refractivity (Wildman–Crippen MR) is 57.0 cm³/mol. The van der Waals surface area contributed by atoms with Crippen molar-refractivity contribution < 1.29 is 17.9 Å². The van der Waals surface area contributed by atoms with Gasteiger partial charge in [-0.1, -0.05) is 0 Å². The second kappa shape index (κ2) is 4.50. The molecule has 0 saturated carbocycles. The Balaban J connectivity index is 2.19. The summed E-state index contributed by atoms with van der Waals surface area (Å²) < 4.78 is 43.2. The summed E-state index contributed by atoms with van der Waals surface area (Å²) in [6, 6.07) is 5.33. The van der Waals surface area contributed by atoms with E-state index in [1.807, 2.05) is 0 Å². The van der Waals surface area contributed by atoms with Crippen molar-refractivity contribution in [1.82, 2.24) is 9.36 Å². The Kier molecular flexibility index (Phi) is 3.21. The van der Waals surface area contributed by atoms with Crippen molar-refractivity contribution in [1.29, 1.82) is 0 Å². The summed E-state index contributed by atoms with van der Waals surface area (Å²) in [7, 11) is 0. The summed E-state index contributed by atoms with van der Waals surface area (Å²) >= 11 is 6.61. The third-order valence-corrected chi connectivity index (χ3v) is 2.77. The molecule has 0 unspecified atom stereocenters. The Morgan fingerprint density at radius 3 is 2.29 bits per heavy atom. The first-order valence-corrected chi connectivity index (χ1v) is 5.44. The molecule has 2 rings (SSSR count). The molecule has 0 spiro atoms. The van der Waals surface area contributed by atoms with Crippen LogP contribution >= 0.6 is 23.1 Å². The highest BCUT2D eigenvalue weighted by molar-refractivity contribution is 7.09. The third-order valence-electron chi connectivity index (χ3n) is 1.74. The van der Waals surface area contributed by atoms with E-state index in [0.717, 1.165) is 11.5 Å². The minimum absolute atomic E-state index is 0.112. The van der Waals surface area contributed by atoms with Crippen LogP contribution in [0.5, 0.6) is 5.75 Å². The van der Waals surface area contributed by atoms with E-state index in [-0.39, 0.29) is 11.0 Å². The van der Waals surface area contributed by atoms with E-state index >= 15 is 0 Å². The fourth-order valence-corrected chi connectivity index (χ4v) is 1.93. The van der Waals surface area contributed by atoms with Gasteiger partial charge in [-0.15, -0.1) is 13.2 Å². The monoisotopic (exact) mass is 280 g/mol. The Labute approximate surface area is 103 Å². The van der Waals surface area contributed by atoms with Crippen molar-refractivity contribution in [2.45, 2.75) is 6.36 Å². The van der Waals surface area contributed by atoms with E-state index in [1.54, 1.807) is 0 Å². The molecule has 3 nitrogen and oxygen atoms in total. The first kappa shape index (κ1) is 12.1. The van der Waals surface area contributed by atoms with Crippen molar-refractivity contribution in [3.63, 3.8) is 0 Å². The summed E-state index contributed by atoms with van der Waals surface area (Å²) in [5, 5.41) is 0.647. The Hall–Kier alpha value is -1.34. The molecular formula is C9H4ClF3N2OS. The SMILES string of the molecule is FC(F)(F)Oc1ccc(-c2nc(Cl)ns2)cc1. The summed E-state index contributed by atoms with van der Waals surface area (Å²) in [6.07, 6.45) is -4.69. The second-order valence-corrected chi connectivity index (χ2v) is 4.03. The fourth-order valence-electron chi connectivity index (χ4n) is 1.12. The number of ether oxygens (including phenoxy) is 1. The normalized spacial score (nSPS) is 11.5. The summed E-state index contributed by atoms with van der Waals surface area (Å²) in [5.41, 5.74) is 0.629. The van der Waals surface area contributed by atoms with Gasteiger partial charge in [-0.05, 0) is 47.4 Å². The Morgan fingerprint density at radius 2 is 1.82 bits per heavy atom. The van der Waals surface area contributed by atoms with Gasteiger partial charge >= 0.3 is 6.36 Å². The third kappa shape index (κ3) is 3.31. The van der Waals surface area contributed by atoms with Crippen molar-refractivity contribution in [3.05, 3.63) is 29.5 Å². The van der Waals surface area contributed by atoms with Gasteiger partial charge in [-0.25, -0.2) is 4.98 Å². The lowest BCUT2D eigenvalue weighted by Gasteiger charge is -2.08. The zero-order valence-electron chi connectivity index (χ0n) is 8.03. The quantitative estimate of drug-likeness (QED) is 0.840. The average Bonchev–Trinajstić information content (AvgIpc) is 2.63. The van der Waals surface area contributed by atoms with E-state index in [2.05, 4.69) is 14.1 Å². The number of hydrogen-bond donors (Lipinski definition) is 0. The van der Waals surface area contributed by atoms with Gasteiger partial charge in [-0.2, -0.15) is 4.37 Å². The topological polar surface area (TPSA) is 35.0 Å². The molecule has 0 aliphatic heterocycles. The van der Waals surface area contributed by atoms with Crippen LogP contribution in [-0.2, 0) is 0 Å². The van der Waals surface area contributed by atoms with Crippen LogP contribution in [0.25, 0.3) is 10.6 Å². The van der Waals surface area contributed by atoms with Gasteiger partial charge in [0.05, 0.1) is 0 Å². The molecule has 0 saturated heterocycles. The molecule has 0 aliphatic rings. The van der Waals surface area contributed by atoms with Gasteiger partial charge in [-0.3, -0.25) is 0 Å². The highest BCUT2D eigenvalue weighted by Gasteiger charge is 2.30. The number of halogens is 4. The molecule has 0 radical (unpaired) electrons. The molecule has 0 amide bonds. The summed E-state index contributed by atoms with van der Waals surface area (Å²) in [4.78, 5) is 3.89. The molecule has 0 N–H and O–H groups in total. The minimum atomic E-state index is -4.69. The smallest absolute Gasteiger partial charge is 0.406 e. The molecule has 0 aliphatic carbocycles. The molecule has 8 heteroatoms. The number of aromatic nitrogens is 2. The van der Waals surface area contributed by atoms with Gasteiger partial charge < -0.3 is 4.74 Å². The molecule has 0 bridgehead atoms. The average molecular weight is 281 g/mol. The number of hydrogen-bond acceptors (Lipinski definition) is 4.